The summed E-state index contributed by atoms with van der Waals surface area (Å²) in [6, 6.07) is 17.2. The van der Waals surface area contributed by atoms with Crippen molar-refractivity contribution in [3.05, 3.63) is 95.9 Å². The number of rotatable bonds is 6. The lowest BCUT2D eigenvalue weighted by Gasteiger charge is -2.34. The molecule has 1 saturated carbocycles. The van der Waals surface area contributed by atoms with Crippen LogP contribution in [0.4, 0.5) is 13.2 Å². The van der Waals surface area contributed by atoms with Crippen LogP contribution in [-0.2, 0) is 6.18 Å². The van der Waals surface area contributed by atoms with E-state index in [-0.39, 0.29) is 17.9 Å². The van der Waals surface area contributed by atoms with Gasteiger partial charge in [0.05, 0.1) is 11.1 Å². The summed E-state index contributed by atoms with van der Waals surface area (Å²) in [5, 5.41) is 3.82. The second-order valence-corrected chi connectivity index (χ2v) is 9.87. The standard InChI is InChI=1S/C30H30F3N3O/c1-2-27(35-29(37)22-9-12-24(13-10-22)36-17-3-4-18-36)21-7-5-20(6-8-21)25-15-16-34-28-14-11-23(19-26(25)28)30(31,32)33/h3-4,9-21,27H,2,5-8H2,1H3,(H,35,37)/t20-,21+,27?. The molecule has 0 radical (unpaired) electrons. The molecule has 1 amide bonds. The van der Waals surface area contributed by atoms with Crippen LogP contribution >= 0.6 is 0 Å². The van der Waals surface area contributed by atoms with Crippen LogP contribution in [0.3, 0.4) is 0 Å². The third-order valence-electron chi connectivity index (χ3n) is 7.67. The van der Waals surface area contributed by atoms with Gasteiger partial charge in [-0.25, -0.2) is 0 Å². The fraction of sp³-hybridized carbons (Fsp3) is 0.333. The van der Waals surface area contributed by atoms with E-state index in [1.54, 1.807) is 6.20 Å². The summed E-state index contributed by atoms with van der Waals surface area (Å²) in [5.74, 6) is 0.440. The van der Waals surface area contributed by atoms with E-state index in [1.807, 2.05) is 59.4 Å². The molecule has 4 aromatic rings. The number of carbonyl (C=O) groups excluding carboxylic acids is 1. The SMILES string of the molecule is CCC(NC(=O)c1ccc(-n2cccc2)cc1)[C@H]1CC[C@@H](c2ccnc3ccc(C(F)(F)F)cc32)CC1. The smallest absolute Gasteiger partial charge is 0.349 e. The van der Waals surface area contributed by atoms with Gasteiger partial charge in [0.15, 0.2) is 0 Å². The second-order valence-electron chi connectivity index (χ2n) is 9.87. The molecule has 1 aliphatic carbocycles. The fourth-order valence-electron chi connectivity index (χ4n) is 5.63. The minimum atomic E-state index is -4.38. The molecular weight excluding hydrogens is 475 g/mol. The summed E-state index contributed by atoms with van der Waals surface area (Å²) < 4.78 is 42.0. The van der Waals surface area contributed by atoms with Crippen LogP contribution in [0.1, 0.15) is 66.4 Å². The van der Waals surface area contributed by atoms with Crippen LogP contribution in [0.5, 0.6) is 0 Å². The van der Waals surface area contributed by atoms with Gasteiger partial charge in [-0.15, -0.1) is 0 Å². The van der Waals surface area contributed by atoms with E-state index in [0.717, 1.165) is 49.4 Å². The van der Waals surface area contributed by atoms with Crippen molar-refractivity contribution in [2.75, 3.05) is 0 Å². The maximum atomic E-state index is 13.3. The van der Waals surface area contributed by atoms with Gasteiger partial charge in [-0.1, -0.05) is 6.92 Å². The Labute approximate surface area is 214 Å². The molecule has 37 heavy (non-hydrogen) atoms. The molecule has 2 aromatic heterocycles. The number of pyridine rings is 1. The number of aromatic nitrogens is 2. The Balaban J connectivity index is 1.25. The molecule has 1 N–H and O–H groups in total. The number of benzene rings is 2. The van der Waals surface area contributed by atoms with Crippen molar-refractivity contribution in [1.82, 2.24) is 14.9 Å². The summed E-state index contributed by atoms with van der Waals surface area (Å²) >= 11 is 0. The van der Waals surface area contributed by atoms with Crippen LogP contribution in [-0.4, -0.2) is 21.5 Å². The monoisotopic (exact) mass is 505 g/mol. The number of hydrogen-bond donors (Lipinski definition) is 1. The molecule has 1 atom stereocenters. The van der Waals surface area contributed by atoms with Gasteiger partial charge in [0, 0.05) is 41.3 Å². The molecule has 0 bridgehead atoms. The van der Waals surface area contributed by atoms with Crippen LogP contribution in [0.2, 0.25) is 0 Å². The Morgan fingerprint density at radius 2 is 1.73 bits per heavy atom. The number of alkyl halides is 3. The normalized spacial score (nSPS) is 19.0. The van der Waals surface area contributed by atoms with Crippen molar-refractivity contribution in [2.45, 2.75) is 57.2 Å². The Kier molecular flexibility index (Phi) is 7.04. The lowest BCUT2D eigenvalue weighted by atomic mass is 9.75. The zero-order valence-corrected chi connectivity index (χ0v) is 20.7. The third kappa shape index (κ3) is 5.41. The van der Waals surface area contributed by atoms with Gasteiger partial charge in [0.2, 0.25) is 0 Å². The zero-order valence-electron chi connectivity index (χ0n) is 20.7. The average Bonchev–Trinajstić information content (AvgIpc) is 3.46. The van der Waals surface area contributed by atoms with Crippen LogP contribution in [0.15, 0.2) is 79.3 Å². The molecule has 1 aliphatic rings. The molecule has 0 saturated heterocycles. The average molecular weight is 506 g/mol. The Bertz CT molecular complexity index is 1360. The number of fused-ring (bicyclic) bond motifs is 1. The van der Waals surface area contributed by atoms with E-state index >= 15 is 0 Å². The summed E-state index contributed by atoms with van der Waals surface area (Å²) in [7, 11) is 0. The summed E-state index contributed by atoms with van der Waals surface area (Å²) in [4.78, 5) is 17.3. The maximum absolute atomic E-state index is 13.3. The molecule has 2 heterocycles. The summed E-state index contributed by atoms with van der Waals surface area (Å²) in [5.41, 5.74) is 2.52. The van der Waals surface area contributed by atoms with Crippen molar-refractivity contribution in [3.63, 3.8) is 0 Å². The predicted molar refractivity (Wildman–Crippen MR) is 139 cm³/mol. The molecule has 1 fully saturated rings. The number of nitrogens with zero attached hydrogens (tertiary/aromatic N) is 2. The second kappa shape index (κ2) is 10.4. The van der Waals surface area contributed by atoms with E-state index in [1.165, 1.54) is 12.1 Å². The van der Waals surface area contributed by atoms with Crippen molar-refractivity contribution in [2.24, 2.45) is 5.92 Å². The highest BCUT2D eigenvalue weighted by atomic mass is 19.4. The molecule has 7 heteroatoms. The number of carbonyl (C=O) groups is 1. The van der Waals surface area contributed by atoms with Gasteiger partial charge in [-0.3, -0.25) is 9.78 Å². The van der Waals surface area contributed by atoms with Gasteiger partial charge < -0.3 is 9.88 Å². The van der Waals surface area contributed by atoms with Gasteiger partial charge in [-0.2, -0.15) is 13.2 Å². The molecular formula is C30H30F3N3O. The van der Waals surface area contributed by atoms with Crippen LogP contribution in [0.25, 0.3) is 16.6 Å². The lowest BCUT2D eigenvalue weighted by molar-refractivity contribution is -0.137. The van der Waals surface area contributed by atoms with E-state index in [2.05, 4.69) is 17.2 Å². The van der Waals surface area contributed by atoms with Gasteiger partial charge in [-0.05, 0) is 110 Å². The minimum Gasteiger partial charge on any atom is -0.349 e. The lowest BCUT2D eigenvalue weighted by Crippen LogP contribution is -2.41. The van der Waals surface area contributed by atoms with Gasteiger partial charge in [0.1, 0.15) is 0 Å². The largest absolute Gasteiger partial charge is 0.416 e. The number of nitrogens with one attached hydrogen (secondary N) is 1. The van der Waals surface area contributed by atoms with Crippen molar-refractivity contribution >= 4 is 16.8 Å². The highest BCUT2D eigenvalue weighted by Crippen LogP contribution is 2.41. The maximum Gasteiger partial charge on any atom is 0.416 e. The fourth-order valence-corrected chi connectivity index (χ4v) is 5.63. The van der Waals surface area contributed by atoms with Crippen LogP contribution < -0.4 is 5.32 Å². The molecule has 0 aliphatic heterocycles. The van der Waals surface area contributed by atoms with E-state index in [4.69, 9.17) is 0 Å². The topological polar surface area (TPSA) is 46.9 Å². The predicted octanol–water partition coefficient (Wildman–Crippen LogP) is 7.53. The first kappa shape index (κ1) is 25.1. The first-order chi connectivity index (χ1) is 17.8. The molecule has 192 valence electrons. The summed E-state index contributed by atoms with van der Waals surface area (Å²) in [6.45, 7) is 2.08. The van der Waals surface area contributed by atoms with Crippen molar-refractivity contribution in [1.29, 1.82) is 0 Å². The minimum absolute atomic E-state index is 0.0589. The summed E-state index contributed by atoms with van der Waals surface area (Å²) in [6.07, 6.45) is 5.63. The first-order valence-electron chi connectivity index (χ1n) is 12.8. The van der Waals surface area contributed by atoms with Gasteiger partial charge in [0.25, 0.3) is 5.91 Å². The van der Waals surface area contributed by atoms with Gasteiger partial charge >= 0.3 is 6.18 Å². The molecule has 5 rings (SSSR count). The molecule has 1 unspecified atom stereocenters. The van der Waals surface area contributed by atoms with Crippen LogP contribution in [0, 0.1) is 5.92 Å². The van der Waals surface area contributed by atoms with Crippen molar-refractivity contribution < 1.29 is 18.0 Å². The molecule has 0 spiro atoms. The highest BCUT2D eigenvalue weighted by Gasteiger charge is 2.32. The number of amides is 1. The Hall–Kier alpha value is -3.61. The van der Waals surface area contributed by atoms with Crippen molar-refractivity contribution in [3.8, 4) is 5.69 Å². The molecule has 4 nitrogen and oxygen atoms in total. The highest BCUT2D eigenvalue weighted by molar-refractivity contribution is 5.94. The van der Waals surface area contributed by atoms with E-state index < -0.39 is 11.7 Å². The molecule has 2 aromatic carbocycles. The Morgan fingerprint density at radius 3 is 2.38 bits per heavy atom. The first-order valence-corrected chi connectivity index (χ1v) is 12.8. The Morgan fingerprint density at radius 1 is 1.03 bits per heavy atom. The zero-order chi connectivity index (χ0) is 26.0. The van der Waals surface area contributed by atoms with E-state index in [9.17, 15) is 18.0 Å². The quantitative estimate of drug-likeness (QED) is 0.294. The number of hydrogen-bond acceptors (Lipinski definition) is 2. The number of halogens is 3. The third-order valence-corrected chi connectivity index (χ3v) is 7.67. The van der Waals surface area contributed by atoms with E-state index in [0.29, 0.717) is 22.4 Å².